The summed E-state index contributed by atoms with van der Waals surface area (Å²) >= 11 is 0. The van der Waals surface area contributed by atoms with E-state index in [0.29, 0.717) is 36.1 Å². The van der Waals surface area contributed by atoms with E-state index in [-0.39, 0.29) is 53.7 Å². The summed E-state index contributed by atoms with van der Waals surface area (Å²) in [7, 11) is 0. The van der Waals surface area contributed by atoms with Crippen molar-refractivity contribution in [2.45, 2.75) is 90.8 Å². The minimum absolute atomic E-state index is 0.0258. The zero-order chi connectivity index (χ0) is 27.1. The summed E-state index contributed by atoms with van der Waals surface area (Å²) in [6, 6.07) is 0.0983. The number of aromatic hydroxyl groups is 1. The summed E-state index contributed by atoms with van der Waals surface area (Å²) in [6.45, 7) is 8.38. The molecule has 5 rings (SSSR count). The minimum Gasteiger partial charge on any atom is -0.508 e. The van der Waals surface area contributed by atoms with Crippen molar-refractivity contribution in [1.29, 1.82) is 0 Å². The van der Waals surface area contributed by atoms with Gasteiger partial charge in [0, 0.05) is 41.2 Å². The molecule has 2 saturated carbocycles. The highest BCUT2D eigenvalue weighted by atomic mass is 16.5. The van der Waals surface area contributed by atoms with Crippen molar-refractivity contribution < 1.29 is 39.2 Å². The lowest BCUT2D eigenvalue weighted by atomic mass is 9.44. The molecule has 37 heavy (non-hydrogen) atoms. The molecular formula is C28H35NO8. The molecular weight excluding hydrogens is 478 g/mol. The highest BCUT2D eigenvalue weighted by Crippen LogP contribution is 2.66. The Morgan fingerprint density at radius 1 is 1.16 bits per heavy atom. The molecule has 5 atom stereocenters. The number of fused-ring (bicyclic) bond motifs is 5. The van der Waals surface area contributed by atoms with Crippen LogP contribution in [0.4, 0.5) is 0 Å². The van der Waals surface area contributed by atoms with Crippen molar-refractivity contribution in [2.75, 3.05) is 0 Å². The number of phenols is 1. The number of carboxylic acid groups (broad SMARTS) is 2. The molecule has 0 bridgehead atoms. The summed E-state index contributed by atoms with van der Waals surface area (Å²) in [5.41, 5.74) is -0.148. The van der Waals surface area contributed by atoms with Crippen molar-refractivity contribution in [1.82, 2.24) is 4.90 Å². The molecule has 9 heteroatoms. The lowest BCUT2D eigenvalue weighted by Crippen LogP contribution is -2.66. The Morgan fingerprint density at radius 2 is 1.86 bits per heavy atom. The number of amides is 1. The third-order valence-electron chi connectivity index (χ3n) is 10.2. The lowest BCUT2D eigenvalue weighted by Gasteiger charge is -2.62. The molecule has 2 heterocycles. The van der Waals surface area contributed by atoms with Crippen LogP contribution in [-0.4, -0.2) is 55.5 Å². The zero-order valence-electron chi connectivity index (χ0n) is 21.8. The van der Waals surface area contributed by atoms with E-state index in [1.54, 1.807) is 0 Å². The number of rotatable bonds is 5. The first-order chi connectivity index (χ1) is 17.2. The van der Waals surface area contributed by atoms with Gasteiger partial charge in [-0.15, -0.1) is 0 Å². The van der Waals surface area contributed by atoms with Crippen LogP contribution < -0.4 is 4.74 Å². The molecule has 200 valence electrons. The standard InChI is InChI=1S/C28H35NO8/c1-14-5-7-20-26(2,3)21(31)9-10-27(20,4)28(14)12-16-19(30)11-15-17(23(16)37-28)13-29(24(15)34)18(25(35)36)6-8-22(32)33/h11,14,18,20,30H,5-10,12-13H2,1-4H3,(H,32,33)(H,35,36)/t14?,18?,20?,27-,28?/m0/s1. The minimum atomic E-state index is -1.30. The number of ether oxygens (including phenoxy) is 1. The van der Waals surface area contributed by atoms with Crippen LogP contribution in [0, 0.1) is 22.7 Å². The third-order valence-corrected chi connectivity index (χ3v) is 10.2. The largest absolute Gasteiger partial charge is 0.508 e. The molecule has 4 aliphatic rings. The van der Waals surface area contributed by atoms with E-state index in [9.17, 15) is 29.4 Å². The third kappa shape index (κ3) is 3.42. The molecule has 1 spiro atoms. The summed E-state index contributed by atoms with van der Waals surface area (Å²) in [5.74, 6) is -2.07. The van der Waals surface area contributed by atoms with E-state index in [0.717, 1.165) is 12.8 Å². The van der Waals surface area contributed by atoms with E-state index >= 15 is 0 Å². The highest BCUT2D eigenvalue weighted by Gasteiger charge is 2.67. The predicted molar refractivity (Wildman–Crippen MR) is 131 cm³/mol. The van der Waals surface area contributed by atoms with Crippen LogP contribution in [0.3, 0.4) is 0 Å². The quantitative estimate of drug-likeness (QED) is 0.540. The molecule has 4 unspecified atom stereocenters. The van der Waals surface area contributed by atoms with Gasteiger partial charge in [0.15, 0.2) is 0 Å². The van der Waals surface area contributed by atoms with Gasteiger partial charge in [-0.2, -0.15) is 0 Å². The van der Waals surface area contributed by atoms with Crippen molar-refractivity contribution in [3.63, 3.8) is 0 Å². The molecule has 0 aromatic heterocycles. The highest BCUT2D eigenvalue weighted by molar-refractivity contribution is 6.02. The maximum Gasteiger partial charge on any atom is 0.326 e. The topological polar surface area (TPSA) is 141 Å². The second kappa shape index (κ2) is 8.20. The number of benzene rings is 1. The average Bonchev–Trinajstić information content (AvgIpc) is 3.36. The molecule has 1 aromatic rings. The van der Waals surface area contributed by atoms with E-state index in [2.05, 4.69) is 13.8 Å². The smallest absolute Gasteiger partial charge is 0.326 e. The van der Waals surface area contributed by atoms with Crippen molar-refractivity contribution >= 4 is 23.6 Å². The summed E-state index contributed by atoms with van der Waals surface area (Å²) in [5, 5.41) is 29.9. The van der Waals surface area contributed by atoms with E-state index in [1.807, 2.05) is 13.8 Å². The number of ketones is 1. The fourth-order valence-corrected chi connectivity index (χ4v) is 8.03. The van der Waals surface area contributed by atoms with Crippen molar-refractivity contribution in [3.05, 3.63) is 22.8 Å². The number of carboxylic acids is 2. The zero-order valence-corrected chi connectivity index (χ0v) is 21.8. The molecule has 2 aliphatic heterocycles. The Kier molecular flexibility index (Phi) is 5.66. The second-order valence-electron chi connectivity index (χ2n) is 12.2. The molecule has 1 amide bonds. The number of aliphatic carboxylic acids is 2. The normalized spacial score (nSPS) is 32.5. The molecule has 9 nitrogen and oxygen atoms in total. The summed E-state index contributed by atoms with van der Waals surface area (Å²) in [4.78, 5) is 50.4. The number of hydrogen-bond acceptors (Lipinski definition) is 6. The number of phenolic OH excluding ortho intramolecular Hbond substituents is 1. The average molecular weight is 514 g/mol. The molecule has 1 aromatic carbocycles. The molecule has 0 radical (unpaired) electrons. The van der Waals surface area contributed by atoms with Gasteiger partial charge in [-0.05, 0) is 43.6 Å². The number of nitrogens with zero attached hydrogens (tertiary/aromatic N) is 1. The van der Waals surface area contributed by atoms with Crippen LogP contribution in [0.1, 0.15) is 87.7 Å². The number of Topliss-reactive ketones (excluding diaryl/α,β-unsaturated/α-hetero) is 1. The van der Waals surface area contributed by atoms with Gasteiger partial charge in [-0.3, -0.25) is 14.4 Å². The fraction of sp³-hybridized carbons (Fsp3) is 0.643. The van der Waals surface area contributed by atoms with Gasteiger partial charge < -0.3 is 25.0 Å². The molecule has 0 saturated heterocycles. The monoisotopic (exact) mass is 513 g/mol. The Morgan fingerprint density at radius 3 is 2.51 bits per heavy atom. The Labute approximate surface area is 215 Å². The van der Waals surface area contributed by atoms with Gasteiger partial charge in [-0.1, -0.05) is 27.7 Å². The first kappa shape index (κ1) is 25.5. The molecule has 2 fully saturated rings. The fourth-order valence-electron chi connectivity index (χ4n) is 8.03. The number of carbonyl (C=O) groups excluding carboxylic acids is 2. The van der Waals surface area contributed by atoms with Crippen molar-refractivity contribution in [2.24, 2.45) is 22.7 Å². The predicted octanol–water partition coefficient (Wildman–Crippen LogP) is 3.78. The van der Waals surface area contributed by atoms with Gasteiger partial charge in [0.2, 0.25) is 0 Å². The lowest BCUT2D eigenvalue weighted by molar-refractivity contribution is -0.188. The van der Waals surface area contributed by atoms with Gasteiger partial charge in [0.25, 0.3) is 5.91 Å². The van der Waals surface area contributed by atoms with Crippen LogP contribution in [0.5, 0.6) is 11.5 Å². The first-order valence-corrected chi connectivity index (χ1v) is 13.1. The SMILES string of the molecule is CC1CCC2C(C)(C)C(=O)CC[C@]2(C)C12Cc1c(O)cc3c(c1O2)CN(C(CCC(=O)O)C(=O)O)C3=O. The molecule has 2 aliphatic carbocycles. The Hall–Kier alpha value is -3.10. The molecule has 3 N–H and O–H groups in total. The van der Waals surface area contributed by atoms with E-state index in [4.69, 9.17) is 9.84 Å². The maximum atomic E-state index is 13.3. The van der Waals surface area contributed by atoms with E-state index in [1.165, 1.54) is 11.0 Å². The van der Waals surface area contributed by atoms with Gasteiger partial charge in [0.05, 0.1) is 12.1 Å². The maximum absolute atomic E-state index is 13.3. The van der Waals surface area contributed by atoms with Crippen LogP contribution in [0.15, 0.2) is 6.07 Å². The van der Waals surface area contributed by atoms with E-state index < -0.39 is 34.9 Å². The van der Waals surface area contributed by atoms with Crippen LogP contribution >= 0.6 is 0 Å². The summed E-state index contributed by atoms with van der Waals surface area (Å²) < 4.78 is 6.92. The second-order valence-corrected chi connectivity index (χ2v) is 12.2. The number of carbonyl (C=O) groups is 4. The van der Waals surface area contributed by atoms with Crippen LogP contribution in [-0.2, 0) is 27.3 Å². The van der Waals surface area contributed by atoms with Gasteiger partial charge in [0.1, 0.15) is 28.9 Å². The number of hydrogen-bond donors (Lipinski definition) is 3. The first-order valence-electron chi connectivity index (χ1n) is 13.1. The summed E-state index contributed by atoms with van der Waals surface area (Å²) in [6.07, 6.45) is 2.79. The van der Waals surface area contributed by atoms with Gasteiger partial charge >= 0.3 is 11.9 Å². The Balaban J connectivity index is 1.55. The van der Waals surface area contributed by atoms with Crippen molar-refractivity contribution in [3.8, 4) is 11.5 Å². The van der Waals surface area contributed by atoms with Gasteiger partial charge in [-0.25, -0.2) is 4.79 Å². The Bertz CT molecular complexity index is 1220. The van der Waals surface area contributed by atoms with Crippen LogP contribution in [0.2, 0.25) is 0 Å². The van der Waals surface area contributed by atoms with Crippen LogP contribution in [0.25, 0.3) is 0 Å².